The molecule has 1 aliphatic heterocycles. The number of fused-ring (bicyclic) bond motifs is 1. The summed E-state index contributed by atoms with van der Waals surface area (Å²) in [5.41, 5.74) is 7.54. The summed E-state index contributed by atoms with van der Waals surface area (Å²) in [6, 6.07) is 5.04. The first-order valence-corrected chi connectivity index (χ1v) is 10.7. The molecule has 3 rings (SSSR count). The molecule has 11 nitrogen and oxygen atoms in total. The number of ether oxygens (including phenoxy) is 2. The third kappa shape index (κ3) is 7.63. The molecule has 2 aromatic rings. The Labute approximate surface area is 197 Å². The van der Waals surface area contributed by atoms with Crippen molar-refractivity contribution in [3.8, 4) is 0 Å². The SMILES string of the molecule is Cn1c(=O)n(C2CCC(=O)NC2=O)c2ccc(CCOCCOCCN)cc21.O=C(O)C(F)(F)F. The Morgan fingerprint density at radius 3 is 2.34 bits per heavy atom. The number of aliphatic carboxylic acids is 1. The number of nitrogens with zero attached hydrogens (tertiary/aromatic N) is 2. The monoisotopic (exact) mass is 504 g/mol. The maximum absolute atomic E-state index is 12.7. The minimum absolute atomic E-state index is 0.226. The fourth-order valence-corrected chi connectivity index (χ4v) is 3.39. The van der Waals surface area contributed by atoms with Crippen LogP contribution in [0, 0.1) is 0 Å². The van der Waals surface area contributed by atoms with E-state index in [-0.39, 0.29) is 18.0 Å². The standard InChI is InChI=1S/C19H26N4O5.C2HF3O2/c1-22-16-12-13(6-8-27-10-11-28-9-7-20)2-3-14(16)23(19(22)26)15-4-5-17(24)21-18(15)25;3-2(4,5)1(6)7/h2-3,12,15H,4-11,20H2,1H3,(H,21,24,25);(H,6,7). The lowest BCUT2D eigenvalue weighted by Gasteiger charge is -2.21. The first-order valence-electron chi connectivity index (χ1n) is 10.7. The Morgan fingerprint density at radius 1 is 1.14 bits per heavy atom. The Morgan fingerprint density at radius 2 is 1.77 bits per heavy atom. The number of aromatic nitrogens is 2. The molecule has 0 bridgehead atoms. The minimum Gasteiger partial charge on any atom is -0.475 e. The quantitative estimate of drug-likeness (QED) is 0.329. The molecule has 0 aliphatic carbocycles. The van der Waals surface area contributed by atoms with Crippen LogP contribution in [0.5, 0.6) is 0 Å². The van der Waals surface area contributed by atoms with Gasteiger partial charge in [0.2, 0.25) is 11.8 Å². The number of imidazole rings is 1. The number of nitrogens with two attached hydrogens (primary N) is 1. The lowest BCUT2D eigenvalue weighted by molar-refractivity contribution is -0.192. The van der Waals surface area contributed by atoms with Crippen molar-refractivity contribution in [2.75, 3.05) is 33.0 Å². The van der Waals surface area contributed by atoms with Crippen molar-refractivity contribution >= 4 is 28.8 Å². The van der Waals surface area contributed by atoms with Crippen molar-refractivity contribution in [2.45, 2.75) is 31.5 Å². The number of amides is 2. The summed E-state index contributed by atoms with van der Waals surface area (Å²) in [6.07, 6.45) is -3.83. The van der Waals surface area contributed by atoms with Crippen molar-refractivity contribution in [3.63, 3.8) is 0 Å². The van der Waals surface area contributed by atoms with Crippen molar-refractivity contribution < 1.29 is 42.1 Å². The molecular formula is C21H27F3N4O7. The van der Waals surface area contributed by atoms with Gasteiger partial charge in [-0.2, -0.15) is 13.2 Å². The van der Waals surface area contributed by atoms with E-state index in [1.165, 1.54) is 9.13 Å². The molecule has 194 valence electrons. The van der Waals surface area contributed by atoms with E-state index >= 15 is 0 Å². The largest absolute Gasteiger partial charge is 0.490 e. The number of hydrogen-bond donors (Lipinski definition) is 3. The molecule has 1 saturated heterocycles. The van der Waals surface area contributed by atoms with Crippen LogP contribution in [-0.4, -0.2) is 71.2 Å². The molecule has 35 heavy (non-hydrogen) atoms. The summed E-state index contributed by atoms with van der Waals surface area (Å²) in [6.45, 7) is 2.58. The second-order valence-electron chi connectivity index (χ2n) is 7.57. The van der Waals surface area contributed by atoms with E-state index in [1.807, 2.05) is 18.2 Å². The zero-order chi connectivity index (χ0) is 26.2. The zero-order valence-corrected chi connectivity index (χ0v) is 19.0. The van der Waals surface area contributed by atoms with Gasteiger partial charge in [0, 0.05) is 20.0 Å². The lowest BCUT2D eigenvalue weighted by atomic mass is 10.1. The van der Waals surface area contributed by atoms with E-state index in [0.29, 0.717) is 51.3 Å². The number of alkyl halides is 3. The van der Waals surface area contributed by atoms with Crippen LogP contribution in [-0.2, 0) is 37.3 Å². The maximum Gasteiger partial charge on any atom is 0.490 e. The third-order valence-electron chi connectivity index (χ3n) is 5.09. The summed E-state index contributed by atoms with van der Waals surface area (Å²) in [5, 5.41) is 9.44. The minimum atomic E-state index is -5.08. The van der Waals surface area contributed by atoms with Crippen LogP contribution in [0.2, 0.25) is 0 Å². The van der Waals surface area contributed by atoms with E-state index in [1.54, 1.807) is 7.05 Å². The molecule has 0 saturated carbocycles. The number of halogens is 3. The third-order valence-corrected chi connectivity index (χ3v) is 5.09. The number of nitrogens with one attached hydrogen (secondary N) is 1. The van der Waals surface area contributed by atoms with Crippen LogP contribution in [0.15, 0.2) is 23.0 Å². The molecule has 14 heteroatoms. The number of imide groups is 1. The highest BCUT2D eigenvalue weighted by Crippen LogP contribution is 2.23. The van der Waals surface area contributed by atoms with Gasteiger partial charge in [-0.25, -0.2) is 9.59 Å². The van der Waals surface area contributed by atoms with Crippen LogP contribution in [0.3, 0.4) is 0 Å². The normalized spacial score (nSPS) is 16.1. The van der Waals surface area contributed by atoms with E-state index in [2.05, 4.69) is 5.32 Å². The fourth-order valence-electron chi connectivity index (χ4n) is 3.39. The van der Waals surface area contributed by atoms with Gasteiger partial charge in [0.15, 0.2) is 0 Å². The number of aryl methyl sites for hydroxylation is 1. The summed E-state index contributed by atoms with van der Waals surface area (Å²) in [4.78, 5) is 45.2. The summed E-state index contributed by atoms with van der Waals surface area (Å²) < 4.78 is 45.5. The molecule has 1 aliphatic rings. The van der Waals surface area contributed by atoms with Crippen molar-refractivity contribution in [2.24, 2.45) is 12.8 Å². The predicted octanol–water partition coefficient (Wildman–Crippen LogP) is 0.485. The van der Waals surface area contributed by atoms with Gasteiger partial charge in [0.1, 0.15) is 6.04 Å². The number of hydrogen-bond acceptors (Lipinski definition) is 7. The van der Waals surface area contributed by atoms with E-state index in [0.717, 1.165) is 11.1 Å². The van der Waals surface area contributed by atoms with Crippen molar-refractivity contribution in [1.82, 2.24) is 14.5 Å². The number of carbonyl (C=O) groups excluding carboxylic acids is 2. The molecule has 1 fully saturated rings. The maximum atomic E-state index is 12.7. The summed E-state index contributed by atoms with van der Waals surface area (Å²) >= 11 is 0. The average Bonchev–Trinajstić information content (AvgIpc) is 3.03. The number of piperidine rings is 1. The van der Waals surface area contributed by atoms with Crippen molar-refractivity contribution in [3.05, 3.63) is 34.2 Å². The average molecular weight is 504 g/mol. The van der Waals surface area contributed by atoms with E-state index in [9.17, 15) is 27.6 Å². The zero-order valence-electron chi connectivity index (χ0n) is 19.0. The van der Waals surface area contributed by atoms with Crippen molar-refractivity contribution in [1.29, 1.82) is 0 Å². The van der Waals surface area contributed by atoms with Gasteiger partial charge >= 0.3 is 17.8 Å². The molecule has 0 spiro atoms. The van der Waals surface area contributed by atoms with Gasteiger partial charge in [-0.1, -0.05) is 6.07 Å². The molecular weight excluding hydrogens is 477 g/mol. The highest BCUT2D eigenvalue weighted by molar-refractivity contribution is 6.00. The molecule has 1 atom stereocenters. The summed E-state index contributed by atoms with van der Waals surface area (Å²) in [5.74, 6) is -3.49. The molecule has 1 aromatic carbocycles. The van der Waals surface area contributed by atoms with E-state index < -0.39 is 24.1 Å². The highest BCUT2D eigenvalue weighted by atomic mass is 19.4. The van der Waals surface area contributed by atoms with Gasteiger partial charge in [-0.05, 0) is 30.5 Å². The molecule has 1 aromatic heterocycles. The van der Waals surface area contributed by atoms with Gasteiger partial charge in [-0.3, -0.25) is 24.0 Å². The van der Waals surface area contributed by atoms with Gasteiger partial charge in [0.25, 0.3) is 0 Å². The highest BCUT2D eigenvalue weighted by Gasteiger charge is 2.38. The molecule has 2 heterocycles. The van der Waals surface area contributed by atoms with Gasteiger partial charge in [0.05, 0.1) is 37.5 Å². The number of carboxylic acids is 1. The smallest absolute Gasteiger partial charge is 0.475 e. The molecule has 1 unspecified atom stereocenters. The number of rotatable bonds is 9. The number of carboxylic acid groups (broad SMARTS) is 1. The molecule has 2 amide bonds. The Kier molecular flexibility index (Phi) is 9.98. The van der Waals surface area contributed by atoms with Gasteiger partial charge < -0.3 is 20.3 Å². The lowest BCUT2D eigenvalue weighted by Crippen LogP contribution is -2.44. The molecule has 4 N–H and O–H groups in total. The topological polar surface area (TPSA) is 155 Å². The van der Waals surface area contributed by atoms with Crippen LogP contribution in [0.25, 0.3) is 11.0 Å². The Hall–Kier alpha value is -3.23. The number of benzene rings is 1. The Balaban J connectivity index is 0.000000540. The van der Waals surface area contributed by atoms with E-state index in [4.69, 9.17) is 25.1 Å². The first-order chi connectivity index (χ1) is 16.5. The van der Waals surface area contributed by atoms with Crippen LogP contribution < -0.4 is 16.7 Å². The Bertz CT molecular complexity index is 1110. The predicted molar refractivity (Wildman–Crippen MR) is 117 cm³/mol. The fraction of sp³-hybridized carbons (Fsp3) is 0.524. The second-order valence-corrected chi connectivity index (χ2v) is 7.57. The number of carbonyl (C=O) groups is 3. The second kappa shape index (κ2) is 12.5. The van der Waals surface area contributed by atoms with Crippen LogP contribution in [0.1, 0.15) is 24.4 Å². The van der Waals surface area contributed by atoms with Gasteiger partial charge in [-0.15, -0.1) is 0 Å². The summed E-state index contributed by atoms with van der Waals surface area (Å²) in [7, 11) is 1.68. The molecule has 0 radical (unpaired) electrons. The first kappa shape index (κ1) is 28.0. The van der Waals surface area contributed by atoms with Crippen LogP contribution in [0.4, 0.5) is 13.2 Å². The van der Waals surface area contributed by atoms with Crippen LogP contribution >= 0.6 is 0 Å².